The normalized spacial score (nSPS) is 41.6. The number of carbonyl (C=O) groups is 2. The van der Waals surface area contributed by atoms with Crippen molar-refractivity contribution in [3.05, 3.63) is 30.6 Å². The topological polar surface area (TPSA) is 107 Å². The molecule has 48 heavy (non-hydrogen) atoms. The molecule has 3 unspecified atom stereocenters. The Bertz CT molecular complexity index is 1420. The van der Waals surface area contributed by atoms with Gasteiger partial charge < -0.3 is 9.47 Å². The number of fused-ring (bicyclic) bond motifs is 7. The summed E-state index contributed by atoms with van der Waals surface area (Å²) < 4.78 is 11.5. The standard InChI is InChI=1S/C40H62N4O4/c1-11-22-47-31(45)23-35(4,5)24-32(46)48-30-16-17-37(8)28(36(30,6)7)15-18-39(10)29(37)13-12-27-33-26(25(2)3)14-19-40(33,21-20-38(27,39)9)34-41-43-44-42-34/h11,26-30,33H,1-2,12-24H2,3-10H3,(H,41,42,43,44)/t26-,27+,28?,29?,30-,33?,37-,38+,39+,40-/m0/s1. The summed E-state index contributed by atoms with van der Waals surface area (Å²) in [5, 5.41) is 16.1. The van der Waals surface area contributed by atoms with Crippen molar-refractivity contribution < 1.29 is 19.1 Å². The van der Waals surface area contributed by atoms with Gasteiger partial charge in [0.15, 0.2) is 5.82 Å². The van der Waals surface area contributed by atoms with E-state index in [-0.39, 0.29) is 64.6 Å². The molecule has 8 heteroatoms. The number of allylic oxidation sites excluding steroid dienone is 1. The number of hydrogen-bond acceptors (Lipinski definition) is 7. The van der Waals surface area contributed by atoms with Crippen molar-refractivity contribution in [3.63, 3.8) is 0 Å². The van der Waals surface area contributed by atoms with Crippen LogP contribution in [0.2, 0.25) is 0 Å². The number of esters is 2. The summed E-state index contributed by atoms with van der Waals surface area (Å²) in [6.45, 7) is 27.1. The van der Waals surface area contributed by atoms with Crippen LogP contribution >= 0.6 is 0 Å². The van der Waals surface area contributed by atoms with Crippen molar-refractivity contribution in [1.82, 2.24) is 20.6 Å². The first-order valence-corrected chi connectivity index (χ1v) is 18.8. The summed E-state index contributed by atoms with van der Waals surface area (Å²) in [5.41, 5.74) is 1.30. The lowest BCUT2D eigenvalue weighted by molar-refractivity contribution is -0.246. The third-order valence-corrected chi connectivity index (χ3v) is 15.7. The Morgan fingerprint density at radius 3 is 2.31 bits per heavy atom. The minimum Gasteiger partial charge on any atom is -0.462 e. The van der Waals surface area contributed by atoms with E-state index in [2.05, 4.69) is 75.3 Å². The largest absolute Gasteiger partial charge is 0.462 e. The second kappa shape index (κ2) is 12.1. The molecule has 0 amide bonds. The number of aromatic nitrogens is 4. The third kappa shape index (κ3) is 5.32. The highest BCUT2D eigenvalue weighted by Crippen LogP contribution is 2.77. The number of tetrazole rings is 1. The number of carbonyl (C=O) groups excluding carboxylic acids is 2. The zero-order valence-electron chi connectivity index (χ0n) is 31.1. The summed E-state index contributed by atoms with van der Waals surface area (Å²) >= 11 is 0. The van der Waals surface area contributed by atoms with Gasteiger partial charge in [-0.25, -0.2) is 0 Å². The molecule has 1 aromatic rings. The van der Waals surface area contributed by atoms with E-state index < -0.39 is 5.41 Å². The molecule has 5 aliphatic rings. The summed E-state index contributed by atoms with van der Waals surface area (Å²) in [5.74, 6) is 3.16. The number of ether oxygens (including phenoxy) is 2. The predicted molar refractivity (Wildman–Crippen MR) is 186 cm³/mol. The zero-order valence-corrected chi connectivity index (χ0v) is 31.1. The summed E-state index contributed by atoms with van der Waals surface area (Å²) in [6, 6.07) is 0. The molecule has 5 saturated carbocycles. The van der Waals surface area contributed by atoms with Crippen LogP contribution in [-0.2, 0) is 24.5 Å². The second-order valence-electron chi connectivity index (χ2n) is 18.9. The van der Waals surface area contributed by atoms with Crippen molar-refractivity contribution in [2.45, 2.75) is 144 Å². The van der Waals surface area contributed by atoms with Gasteiger partial charge in [-0.05, 0) is 122 Å². The monoisotopic (exact) mass is 662 g/mol. The lowest BCUT2D eigenvalue weighted by atomic mass is 9.32. The SMILES string of the molecule is C=CCOC(=O)CC(C)(C)CC(=O)O[C@H]1CC[C@@]2(C)C(CC[C@]3(C)C2CC[C@@H]2C4[C@H](C(=C)C)CC[C@]4(c4nn[nH]n4)CC[C@]23C)C1(C)C. The zero-order chi connectivity index (χ0) is 34.9. The highest BCUT2D eigenvalue weighted by Gasteiger charge is 2.71. The van der Waals surface area contributed by atoms with E-state index in [9.17, 15) is 9.59 Å². The van der Waals surface area contributed by atoms with Crippen LogP contribution in [0.1, 0.15) is 138 Å². The minimum atomic E-state index is -0.535. The quantitative estimate of drug-likeness (QED) is 0.209. The first-order chi connectivity index (χ1) is 22.4. The highest BCUT2D eigenvalue weighted by molar-refractivity contribution is 5.74. The van der Waals surface area contributed by atoms with Crippen molar-refractivity contribution in [3.8, 4) is 0 Å². The number of nitrogens with zero attached hydrogens (tertiary/aromatic N) is 3. The van der Waals surface area contributed by atoms with Gasteiger partial charge in [0.2, 0.25) is 0 Å². The maximum Gasteiger partial charge on any atom is 0.306 e. The summed E-state index contributed by atoms with van der Waals surface area (Å²) in [7, 11) is 0. The first kappa shape index (κ1) is 35.3. The maximum atomic E-state index is 13.4. The van der Waals surface area contributed by atoms with E-state index in [0.29, 0.717) is 29.6 Å². The molecule has 1 aromatic heterocycles. The Morgan fingerprint density at radius 2 is 1.65 bits per heavy atom. The van der Waals surface area contributed by atoms with Gasteiger partial charge in [-0.15, -0.1) is 10.2 Å². The minimum absolute atomic E-state index is 0.00447. The van der Waals surface area contributed by atoms with E-state index in [1.54, 1.807) is 6.08 Å². The fourth-order valence-corrected chi connectivity index (χ4v) is 13.3. The van der Waals surface area contributed by atoms with Crippen LogP contribution in [0.3, 0.4) is 0 Å². The summed E-state index contributed by atoms with van der Waals surface area (Å²) in [4.78, 5) is 25.7. The van der Waals surface area contributed by atoms with Gasteiger partial charge in [0.05, 0.1) is 12.8 Å². The molecule has 10 atom stereocenters. The molecule has 1 heterocycles. The van der Waals surface area contributed by atoms with Gasteiger partial charge in [-0.3, -0.25) is 9.59 Å². The third-order valence-electron chi connectivity index (χ3n) is 15.7. The predicted octanol–water partition coefficient (Wildman–Crippen LogP) is 8.56. The van der Waals surface area contributed by atoms with Gasteiger partial charge in [0.1, 0.15) is 12.7 Å². The van der Waals surface area contributed by atoms with Gasteiger partial charge in [0.25, 0.3) is 0 Å². The molecule has 0 saturated heterocycles. The van der Waals surface area contributed by atoms with E-state index in [0.717, 1.165) is 37.9 Å². The van der Waals surface area contributed by atoms with E-state index >= 15 is 0 Å². The Balaban J connectivity index is 1.21. The molecule has 0 spiro atoms. The molecule has 5 fully saturated rings. The lowest BCUT2D eigenvalue weighted by Crippen LogP contribution is -2.67. The highest BCUT2D eigenvalue weighted by atomic mass is 16.5. The van der Waals surface area contributed by atoms with Gasteiger partial charge in [-0.1, -0.05) is 78.5 Å². The molecule has 8 nitrogen and oxygen atoms in total. The molecule has 0 bridgehead atoms. The van der Waals surface area contributed by atoms with Gasteiger partial charge in [0, 0.05) is 10.8 Å². The van der Waals surface area contributed by atoms with Crippen molar-refractivity contribution in [2.75, 3.05) is 6.61 Å². The molecule has 1 N–H and O–H groups in total. The van der Waals surface area contributed by atoms with E-state index in [1.807, 2.05) is 13.8 Å². The average Bonchev–Trinajstić information content (AvgIpc) is 3.67. The molecular weight excluding hydrogens is 600 g/mol. The van der Waals surface area contributed by atoms with Gasteiger partial charge in [-0.2, -0.15) is 5.21 Å². The second-order valence-corrected chi connectivity index (χ2v) is 18.9. The fraction of sp³-hybridized carbons (Fsp3) is 0.825. The Labute approximate surface area is 289 Å². The van der Waals surface area contributed by atoms with Crippen LogP contribution in [0.25, 0.3) is 0 Å². The number of hydrogen-bond donors (Lipinski definition) is 1. The molecule has 266 valence electrons. The van der Waals surface area contributed by atoms with Crippen LogP contribution in [0.4, 0.5) is 0 Å². The number of H-pyrrole nitrogens is 1. The van der Waals surface area contributed by atoms with Crippen molar-refractivity contribution >= 4 is 11.9 Å². The lowest BCUT2D eigenvalue weighted by Gasteiger charge is -2.72. The molecule has 0 aromatic carbocycles. The molecule has 5 aliphatic carbocycles. The van der Waals surface area contributed by atoms with Crippen LogP contribution in [-0.4, -0.2) is 45.3 Å². The Morgan fingerprint density at radius 1 is 0.917 bits per heavy atom. The van der Waals surface area contributed by atoms with Gasteiger partial charge >= 0.3 is 11.9 Å². The molecule has 0 radical (unpaired) electrons. The first-order valence-electron chi connectivity index (χ1n) is 18.8. The Hall–Kier alpha value is -2.51. The van der Waals surface area contributed by atoms with Crippen molar-refractivity contribution in [1.29, 1.82) is 0 Å². The Kier molecular flexibility index (Phi) is 8.88. The van der Waals surface area contributed by atoms with Crippen LogP contribution in [0.5, 0.6) is 0 Å². The number of rotatable bonds is 9. The van der Waals surface area contributed by atoms with E-state index in [4.69, 9.17) is 9.47 Å². The maximum absolute atomic E-state index is 13.4. The smallest absolute Gasteiger partial charge is 0.306 e. The fourth-order valence-electron chi connectivity index (χ4n) is 13.3. The molecular formula is C40H62N4O4. The van der Waals surface area contributed by atoms with E-state index in [1.165, 1.54) is 37.7 Å². The number of nitrogens with one attached hydrogen (secondary N) is 1. The number of aromatic amines is 1. The average molecular weight is 663 g/mol. The van der Waals surface area contributed by atoms with Crippen molar-refractivity contribution in [2.24, 2.45) is 56.7 Å². The van der Waals surface area contributed by atoms with Crippen LogP contribution in [0.15, 0.2) is 24.8 Å². The van der Waals surface area contributed by atoms with Crippen LogP contribution in [0, 0.1) is 56.7 Å². The molecule has 0 aliphatic heterocycles. The molecule has 6 rings (SSSR count). The summed E-state index contributed by atoms with van der Waals surface area (Å²) in [6.07, 6.45) is 13.3. The van der Waals surface area contributed by atoms with Crippen LogP contribution < -0.4 is 0 Å².